The molecule has 0 radical (unpaired) electrons. The van der Waals surface area contributed by atoms with Crippen molar-refractivity contribution in [2.45, 2.75) is 43.6 Å². The monoisotopic (exact) mass is 446 g/mol. The lowest BCUT2D eigenvalue weighted by molar-refractivity contribution is 0.101. The molecule has 2 aromatic rings. The number of hydrogen-bond donors (Lipinski definition) is 0. The zero-order valence-corrected chi connectivity index (χ0v) is 18.6. The molecule has 2 unspecified atom stereocenters. The highest BCUT2D eigenvalue weighted by atomic mass is 32.3. The van der Waals surface area contributed by atoms with Gasteiger partial charge in [-0.15, -0.1) is 0 Å². The van der Waals surface area contributed by atoms with Crippen LogP contribution in [0.2, 0.25) is 0 Å². The van der Waals surface area contributed by atoms with Gasteiger partial charge in [-0.3, -0.25) is 9.59 Å². The Bertz CT molecular complexity index is 1020. The van der Waals surface area contributed by atoms with Gasteiger partial charge in [0.05, 0.1) is 0 Å². The summed E-state index contributed by atoms with van der Waals surface area (Å²) in [5, 5.41) is 0. The van der Waals surface area contributed by atoms with Crippen molar-refractivity contribution in [3.8, 4) is 0 Å². The lowest BCUT2D eigenvalue weighted by atomic mass is 9.87. The van der Waals surface area contributed by atoms with Crippen molar-refractivity contribution < 1.29 is 22.6 Å². The summed E-state index contributed by atoms with van der Waals surface area (Å²) < 4.78 is 34.5. The molecule has 0 spiro atoms. The zero-order valence-electron chi connectivity index (χ0n) is 17.0. The van der Waals surface area contributed by atoms with Gasteiger partial charge in [0.15, 0.2) is 11.5 Å². The Kier molecular flexibility index (Phi) is 7.50. The molecule has 0 N–H and O–H groups in total. The van der Waals surface area contributed by atoms with Crippen LogP contribution in [0.5, 0.6) is 0 Å². The standard InChI is InChI=1S/C23H26O5S2/c1-2-23(30(26,27)28)29(15-21(24)18-10-4-3-5-11-18)16-22(25)20-14-8-12-17-9-6-7-13-19(17)20/h3-5,8,10-12,14,23H,2,6-7,9,13,15-16H2,1H3. The molecule has 0 aromatic heterocycles. The number of aryl methyl sites for hydroxylation is 1. The second-order valence-electron chi connectivity index (χ2n) is 7.52. The van der Waals surface area contributed by atoms with Crippen molar-refractivity contribution in [1.82, 2.24) is 0 Å². The van der Waals surface area contributed by atoms with Crippen LogP contribution in [0, 0.1) is 0 Å². The topological polar surface area (TPSA) is 91.3 Å². The van der Waals surface area contributed by atoms with E-state index in [1.54, 1.807) is 43.3 Å². The highest BCUT2D eigenvalue weighted by Crippen LogP contribution is 2.26. The number of benzene rings is 2. The third kappa shape index (κ3) is 5.39. The van der Waals surface area contributed by atoms with Crippen LogP contribution in [0.25, 0.3) is 0 Å². The second-order valence-corrected chi connectivity index (χ2v) is 11.6. The average molecular weight is 447 g/mol. The first kappa shape index (κ1) is 22.7. The highest BCUT2D eigenvalue weighted by molar-refractivity contribution is 8.10. The second kappa shape index (κ2) is 9.90. The van der Waals surface area contributed by atoms with Gasteiger partial charge in [-0.2, -0.15) is 0 Å². The molecule has 0 bridgehead atoms. The van der Waals surface area contributed by atoms with Crippen LogP contribution < -0.4 is 0 Å². The molecule has 0 heterocycles. The summed E-state index contributed by atoms with van der Waals surface area (Å²) in [6.07, 6.45) is 3.94. The maximum atomic E-state index is 13.2. The van der Waals surface area contributed by atoms with Crippen molar-refractivity contribution in [1.29, 1.82) is 0 Å². The van der Waals surface area contributed by atoms with Crippen molar-refractivity contribution in [2.24, 2.45) is 0 Å². The summed E-state index contributed by atoms with van der Waals surface area (Å²) in [6.45, 7) is 1.61. The van der Waals surface area contributed by atoms with Crippen LogP contribution in [-0.2, 0) is 33.9 Å². The van der Waals surface area contributed by atoms with Crippen molar-refractivity contribution >= 4 is 32.6 Å². The lowest BCUT2D eigenvalue weighted by Gasteiger charge is -2.22. The fourth-order valence-electron chi connectivity index (χ4n) is 4.01. The third-order valence-corrected chi connectivity index (χ3v) is 10.3. The highest BCUT2D eigenvalue weighted by Gasteiger charge is 2.39. The van der Waals surface area contributed by atoms with Gasteiger partial charge in [-0.25, -0.2) is 8.42 Å². The molecule has 3 rings (SSSR count). The summed E-state index contributed by atoms with van der Waals surface area (Å²) >= 11 is 0. The molecule has 5 nitrogen and oxygen atoms in total. The van der Waals surface area contributed by atoms with Gasteiger partial charge in [0, 0.05) is 28.4 Å². The smallest absolute Gasteiger partial charge is 0.212 e. The number of Topliss-reactive ketones (excluding diaryl/α,β-unsaturated/α-hetero) is 2. The van der Waals surface area contributed by atoms with E-state index in [1.165, 1.54) is 0 Å². The van der Waals surface area contributed by atoms with E-state index in [9.17, 15) is 22.6 Å². The first-order valence-electron chi connectivity index (χ1n) is 10.1. The first-order chi connectivity index (χ1) is 14.3. The average Bonchev–Trinajstić information content (AvgIpc) is 2.73. The quantitative estimate of drug-likeness (QED) is 0.334. The SMILES string of the molecule is CCC([S+](CC(=O)c1ccccc1)CC(=O)c1cccc2c1CCCC2)S(=O)(=O)[O-]. The molecule has 30 heavy (non-hydrogen) atoms. The Labute approximate surface area is 181 Å². The van der Waals surface area contributed by atoms with Gasteiger partial charge >= 0.3 is 0 Å². The van der Waals surface area contributed by atoms with E-state index >= 15 is 0 Å². The Morgan fingerprint density at radius 2 is 1.63 bits per heavy atom. The molecule has 0 aliphatic heterocycles. The lowest BCUT2D eigenvalue weighted by Crippen LogP contribution is -2.38. The number of rotatable bonds is 9. The maximum Gasteiger partial charge on any atom is 0.212 e. The number of hydrogen-bond acceptors (Lipinski definition) is 5. The van der Waals surface area contributed by atoms with Crippen molar-refractivity contribution in [3.05, 3.63) is 70.8 Å². The number of carbonyl (C=O) groups is 2. The zero-order chi connectivity index (χ0) is 21.7. The fraction of sp³-hybridized carbons (Fsp3) is 0.391. The number of carbonyl (C=O) groups excluding carboxylic acids is 2. The van der Waals surface area contributed by atoms with Crippen LogP contribution in [0.3, 0.4) is 0 Å². The summed E-state index contributed by atoms with van der Waals surface area (Å²) in [5.41, 5.74) is 3.26. The molecule has 0 saturated heterocycles. The van der Waals surface area contributed by atoms with Gasteiger partial charge in [0.25, 0.3) is 0 Å². The van der Waals surface area contributed by atoms with E-state index in [-0.39, 0.29) is 29.5 Å². The minimum Gasteiger partial charge on any atom is -0.744 e. The molecule has 7 heteroatoms. The largest absolute Gasteiger partial charge is 0.744 e. The van der Waals surface area contributed by atoms with Gasteiger partial charge < -0.3 is 4.55 Å². The number of ketones is 2. The number of fused-ring (bicyclic) bond motifs is 1. The summed E-state index contributed by atoms with van der Waals surface area (Å²) in [4.78, 5) is 25.9. The van der Waals surface area contributed by atoms with Crippen molar-refractivity contribution in [2.75, 3.05) is 11.5 Å². The predicted octanol–water partition coefficient (Wildman–Crippen LogP) is 3.53. The molecule has 1 aliphatic carbocycles. The van der Waals surface area contributed by atoms with Crippen LogP contribution in [0.1, 0.15) is 58.0 Å². The molecule has 2 atom stereocenters. The third-order valence-electron chi connectivity index (χ3n) is 5.45. The normalized spacial score (nSPS) is 15.8. The molecule has 160 valence electrons. The van der Waals surface area contributed by atoms with Gasteiger partial charge in [-0.1, -0.05) is 55.5 Å². The summed E-state index contributed by atoms with van der Waals surface area (Å²) in [7, 11) is -5.82. The molecule has 2 aromatic carbocycles. The van der Waals surface area contributed by atoms with Gasteiger partial charge in [0.2, 0.25) is 16.1 Å². The van der Waals surface area contributed by atoms with Crippen LogP contribution in [0.4, 0.5) is 0 Å². The molecule has 1 aliphatic rings. The molecular formula is C23H26O5S2. The van der Waals surface area contributed by atoms with E-state index in [0.29, 0.717) is 11.1 Å². The van der Waals surface area contributed by atoms with E-state index in [4.69, 9.17) is 0 Å². The Hall–Kier alpha value is -1.96. The predicted molar refractivity (Wildman–Crippen MR) is 119 cm³/mol. The van der Waals surface area contributed by atoms with Crippen LogP contribution >= 0.6 is 0 Å². The minimum absolute atomic E-state index is 0.0805. The van der Waals surface area contributed by atoms with Gasteiger partial charge in [0.1, 0.15) is 10.1 Å². The summed E-state index contributed by atoms with van der Waals surface area (Å²) in [6, 6.07) is 14.2. The van der Waals surface area contributed by atoms with E-state index in [2.05, 4.69) is 0 Å². The van der Waals surface area contributed by atoms with E-state index in [0.717, 1.165) is 36.8 Å². The van der Waals surface area contributed by atoms with Crippen molar-refractivity contribution in [3.63, 3.8) is 0 Å². The maximum absolute atomic E-state index is 13.2. The minimum atomic E-state index is -4.63. The Morgan fingerprint density at radius 3 is 2.30 bits per heavy atom. The Morgan fingerprint density at radius 1 is 0.967 bits per heavy atom. The fourth-order valence-corrected chi connectivity index (χ4v) is 8.10. The molecule has 0 fully saturated rings. The van der Waals surface area contributed by atoms with E-state index in [1.807, 2.05) is 12.1 Å². The molecule has 0 saturated carbocycles. The van der Waals surface area contributed by atoms with Gasteiger partial charge in [-0.05, 0) is 36.8 Å². The molecular weight excluding hydrogens is 420 g/mol. The summed E-state index contributed by atoms with van der Waals surface area (Å²) in [5.74, 6) is -0.649. The van der Waals surface area contributed by atoms with Crippen LogP contribution in [0.15, 0.2) is 48.5 Å². The van der Waals surface area contributed by atoms with E-state index < -0.39 is 25.6 Å². The van der Waals surface area contributed by atoms with Crippen LogP contribution in [-0.4, -0.2) is 40.6 Å². The first-order valence-corrected chi connectivity index (χ1v) is 13.2. The Balaban J connectivity index is 1.89. The molecule has 0 amide bonds.